The third-order valence-electron chi connectivity index (χ3n) is 5.28. The van der Waals surface area contributed by atoms with E-state index in [-0.39, 0.29) is 28.9 Å². The molecule has 0 spiro atoms. The smallest absolute Gasteiger partial charge is 0.343 e. The average Bonchev–Trinajstić information content (AvgIpc) is 2.78. The van der Waals surface area contributed by atoms with Gasteiger partial charge < -0.3 is 14.2 Å². The highest BCUT2D eigenvalue weighted by atomic mass is 19.1. The number of carbonyl (C=O) groups is 3. The predicted molar refractivity (Wildman–Crippen MR) is 122 cm³/mol. The molecule has 0 radical (unpaired) electrons. The van der Waals surface area contributed by atoms with E-state index >= 15 is 0 Å². The van der Waals surface area contributed by atoms with Crippen LogP contribution < -0.4 is 9.47 Å². The molecule has 6 nitrogen and oxygen atoms in total. The first-order valence-corrected chi connectivity index (χ1v) is 11.3. The molecule has 0 amide bonds. The molecule has 0 bridgehead atoms. The van der Waals surface area contributed by atoms with Gasteiger partial charge in [-0.1, -0.05) is 33.6 Å². The molecule has 7 heteroatoms. The van der Waals surface area contributed by atoms with Gasteiger partial charge in [-0.25, -0.2) is 14.0 Å². The van der Waals surface area contributed by atoms with E-state index in [0.29, 0.717) is 30.9 Å². The van der Waals surface area contributed by atoms with Crippen LogP contribution in [0.3, 0.4) is 0 Å². The molecule has 178 valence electrons. The van der Waals surface area contributed by atoms with E-state index in [4.69, 9.17) is 14.2 Å². The Labute approximate surface area is 194 Å². The summed E-state index contributed by atoms with van der Waals surface area (Å²) in [6, 6.07) is 9.39. The number of rotatable bonds is 11. The highest BCUT2D eigenvalue weighted by Crippen LogP contribution is 2.22. The average molecular weight is 459 g/mol. The molecule has 0 N–H and O–H groups in total. The molecule has 0 heterocycles. The van der Waals surface area contributed by atoms with E-state index in [9.17, 15) is 18.8 Å². The van der Waals surface area contributed by atoms with E-state index in [2.05, 4.69) is 13.8 Å². The Bertz CT molecular complexity index is 950. The third-order valence-corrected chi connectivity index (χ3v) is 5.28. The summed E-state index contributed by atoms with van der Waals surface area (Å²) in [4.78, 5) is 36.2. The molecule has 0 aliphatic rings. The lowest BCUT2D eigenvalue weighted by atomic mass is 9.97. The lowest BCUT2D eigenvalue weighted by Gasteiger charge is -2.19. The van der Waals surface area contributed by atoms with Crippen molar-refractivity contribution in [3.05, 3.63) is 59.4 Å². The zero-order chi connectivity index (χ0) is 24.4. The summed E-state index contributed by atoms with van der Waals surface area (Å²) in [6.07, 6.45) is 3.33. The van der Waals surface area contributed by atoms with Gasteiger partial charge in [0.2, 0.25) is 0 Å². The van der Waals surface area contributed by atoms with Crippen molar-refractivity contribution in [2.75, 3.05) is 0 Å². The number of esters is 3. The van der Waals surface area contributed by atoms with E-state index in [0.717, 1.165) is 18.9 Å². The number of halogens is 1. The van der Waals surface area contributed by atoms with Crippen LogP contribution >= 0.6 is 0 Å². The van der Waals surface area contributed by atoms with Crippen LogP contribution in [0.1, 0.15) is 80.5 Å². The Hall–Kier alpha value is -3.22. The van der Waals surface area contributed by atoms with E-state index in [1.54, 1.807) is 6.92 Å². The molecule has 1 atom stereocenters. The fourth-order valence-corrected chi connectivity index (χ4v) is 3.32. The van der Waals surface area contributed by atoms with Gasteiger partial charge in [0.15, 0.2) is 0 Å². The zero-order valence-corrected chi connectivity index (χ0v) is 19.6. The van der Waals surface area contributed by atoms with Crippen molar-refractivity contribution in [1.82, 2.24) is 0 Å². The maximum absolute atomic E-state index is 14.5. The highest BCUT2D eigenvalue weighted by Gasteiger charge is 2.20. The minimum absolute atomic E-state index is 0.0439. The van der Waals surface area contributed by atoms with Crippen molar-refractivity contribution in [1.29, 1.82) is 0 Å². The van der Waals surface area contributed by atoms with Crippen LogP contribution in [0.25, 0.3) is 0 Å². The van der Waals surface area contributed by atoms with Gasteiger partial charge in [-0.3, -0.25) is 4.79 Å². The zero-order valence-electron chi connectivity index (χ0n) is 19.6. The van der Waals surface area contributed by atoms with Crippen molar-refractivity contribution in [3.63, 3.8) is 0 Å². The molecule has 1 unspecified atom stereocenters. The maximum Gasteiger partial charge on any atom is 0.343 e. The van der Waals surface area contributed by atoms with Crippen molar-refractivity contribution in [2.24, 2.45) is 5.92 Å². The first kappa shape index (κ1) is 26.0. The molecule has 33 heavy (non-hydrogen) atoms. The Balaban J connectivity index is 1.98. The number of hydrogen-bond donors (Lipinski definition) is 0. The molecular formula is C26H31FO6. The lowest BCUT2D eigenvalue weighted by Crippen LogP contribution is -2.19. The minimum Gasteiger partial charge on any atom is -0.459 e. The first-order valence-electron chi connectivity index (χ1n) is 11.3. The number of hydrogen-bond acceptors (Lipinski definition) is 6. The van der Waals surface area contributed by atoms with Gasteiger partial charge in [0.25, 0.3) is 0 Å². The van der Waals surface area contributed by atoms with E-state index < -0.39 is 17.8 Å². The summed E-state index contributed by atoms with van der Waals surface area (Å²) in [5.41, 5.74) is -0.0196. The van der Waals surface area contributed by atoms with Crippen LogP contribution in [0.4, 0.5) is 4.39 Å². The first-order chi connectivity index (χ1) is 15.8. The van der Waals surface area contributed by atoms with Gasteiger partial charge in [-0.05, 0) is 62.1 Å². The second kappa shape index (κ2) is 12.7. The van der Waals surface area contributed by atoms with Gasteiger partial charge >= 0.3 is 17.9 Å². The molecule has 0 saturated heterocycles. The summed E-state index contributed by atoms with van der Waals surface area (Å²) in [5.74, 6) is -1.94. The topological polar surface area (TPSA) is 78.9 Å². The maximum atomic E-state index is 14.5. The van der Waals surface area contributed by atoms with Gasteiger partial charge in [0.05, 0.1) is 17.2 Å². The Morgan fingerprint density at radius 3 is 2.09 bits per heavy atom. The number of ether oxygens (including phenoxy) is 3. The lowest BCUT2D eigenvalue weighted by molar-refractivity contribution is -0.134. The predicted octanol–water partition coefficient (Wildman–Crippen LogP) is 6.12. The Morgan fingerprint density at radius 1 is 0.879 bits per heavy atom. The van der Waals surface area contributed by atoms with Crippen LogP contribution in [0.2, 0.25) is 0 Å². The number of carbonyl (C=O) groups excluding carboxylic acids is 3. The molecular weight excluding hydrogens is 427 g/mol. The molecule has 0 saturated carbocycles. The van der Waals surface area contributed by atoms with E-state index in [1.165, 1.54) is 36.4 Å². The Kier molecular flexibility index (Phi) is 10.0. The summed E-state index contributed by atoms with van der Waals surface area (Å²) in [6.45, 7) is 7.83. The van der Waals surface area contributed by atoms with Crippen molar-refractivity contribution in [2.45, 2.75) is 65.9 Å². The molecule has 2 aromatic carbocycles. The van der Waals surface area contributed by atoms with Gasteiger partial charge in [-0.15, -0.1) is 0 Å². The quantitative estimate of drug-likeness (QED) is 0.298. The van der Waals surface area contributed by atoms with Gasteiger partial charge in [-0.2, -0.15) is 0 Å². The van der Waals surface area contributed by atoms with Gasteiger partial charge in [0.1, 0.15) is 17.3 Å². The molecule has 2 rings (SSSR count). The third kappa shape index (κ3) is 8.00. The largest absolute Gasteiger partial charge is 0.459 e. The summed E-state index contributed by atoms with van der Waals surface area (Å²) in [7, 11) is 0. The second-order valence-electron chi connectivity index (χ2n) is 7.91. The van der Waals surface area contributed by atoms with Crippen molar-refractivity contribution in [3.8, 4) is 11.5 Å². The van der Waals surface area contributed by atoms with E-state index in [1.807, 2.05) is 6.92 Å². The highest BCUT2D eigenvalue weighted by molar-refractivity contribution is 5.92. The van der Waals surface area contributed by atoms with Crippen LogP contribution in [0.5, 0.6) is 11.5 Å². The fourth-order valence-electron chi connectivity index (χ4n) is 3.32. The summed E-state index contributed by atoms with van der Waals surface area (Å²) >= 11 is 0. The van der Waals surface area contributed by atoms with Crippen LogP contribution in [0, 0.1) is 11.7 Å². The van der Waals surface area contributed by atoms with Crippen LogP contribution in [0.15, 0.2) is 42.5 Å². The van der Waals surface area contributed by atoms with Crippen LogP contribution in [-0.4, -0.2) is 24.0 Å². The molecule has 0 aliphatic heterocycles. The minimum atomic E-state index is -0.835. The fraction of sp³-hybridized carbons (Fsp3) is 0.423. The molecule has 0 aromatic heterocycles. The molecule has 0 aliphatic carbocycles. The van der Waals surface area contributed by atoms with Crippen molar-refractivity contribution < 1.29 is 33.0 Å². The summed E-state index contributed by atoms with van der Waals surface area (Å²) in [5, 5.41) is 0. The number of benzene rings is 2. The summed E-state index contributed by atoms with van der Waals surface area (Å²) < 4.78 is 30.2. The Morgan fingerprint density at radius 2 is 1.52 bits per heavy atom. The SMILES string of the molecule is CCCC(=O)Oc1ccc(C(=O)Oc2ccc(C(=O)OC(C)CC(CC)CC)c(F)c2)cc1. The molecule has 0 fully saturated rings. The van der Waals surface area contributed by atoms with Crippen molar-refractivity contribution >= 4 is 17.9 Å². The normalized spacial score (nSPS) is 11.7. The van der Waals surface area contributed by atoms with Gasteiger partial charge in [0, 0.05) is 12.5 Å². The standard InChI is InChI=1S/C26H31FO6/c1-5-8-24(28)32-20-11-9-19(10-12-20)25(29)33-21-13-14-22(23(27)16-21)26(30)31-17(4)15-18(6-2)7-3/h9-14,16-18H,5-8,15H2,1-4H3. The van der Waals surface area contributed by atoms with Crippen LogP contribution in [-0.2, 0) is 9.53 Å². The monoisotopic (exact) mass is 458 g/mol. The second-order valence-corrected chi connectivity index (χ2v) is 7.91. The molecule has 2 aromatic rings.